The SMILES string of the molecule is C=CCOCC(=O)O[C@H]1[C@@H](O)[C@H](n2cnc3c(N)ncnc32)O[C@H]1COP(=O)(O)O[C@H]1C[C@H](n2ccc(N)nc2=O)O[C@H]1COP(=O)(O)O. The third-order valence-electron chi connectivity index (χ3n) is 7.11. The van der Waals surface area contributed by atoms with Crippen LogP contribution in [-0.2, 0) is 46.4 Å². The molecule has 2 aliphatic heterocycles. The molecular formula is C24H32N8O15P2. The summed E-state index contributed by atoms with van der Waals surface area (Å²) in [5.41, 5.74) is 10.9. The van der Waals surface area contributed by atoms with E-state index in [9.17, 15) is 38.5 Å². The van der Waals surface area contributed by atoms with Crippen molar-refractivity contribution in [2.45, 2.75) is 49.4 Å². The molecule has 0 aromatic carbocycles. The van der Waals surface area contributed by atoms with Gasteiger partial charge in [-0.25, -0.2) is 33.7 Å². The number of aliphatic hydroxyl groups is 1. The van der Waals surface area contributed by atoms with Gasteiger partial charge in [0.15, 0.2) is 23.8 Å². The number of nitrogens with two attached hydrogens (primary N) is 2. The van der Waals surface area contributed by atoms with E-state index in [-0.39, 0.29) is 35.8 Å². The molecule has 23 nitrogen and oxygen atoms in total. The second-order valence-electron chi connectivity index (χ2n) is 10.5. The maximum Gasteiger partial charge on any atom is 0.472 e. The van der Waals surface area contributed by atoms with E-state index in [1.807, 2.05) is 0 Å². The topological polar surface area (TPSA) is 327 Å². The Morgan fingerprint density at radius 2 is 1.86 bits per heavy atom. The fourth-order valence-electron chi connectivity index (χ4n) is 5.01. The standard InChI is InChI=1S/C24H32N8O15P2/c1-2-5-41-9-17(33)46-20-14(45-23(19(20)34)32-11-29-18-21(26)27-10-28-22(18)32)8-43-49(39,40)47-12-6-16(31-4-3-15(25)30-24(31)35)44-13(12)7-42-48(36,37)38/h2-4,10-14,16,19-20,23,34H,1,5-9H2,(H,39,40)(H2,25,30,35)(H2,26,27,28)(H2,36,37,38)/t12-,13-,14-,16+,19+,20+,23+/m0/s1. The number of nitrogens with zero attached hydrogens (tertiary/aromatic N) is 6. The van der Waals surface area contributed by atoms with Crippen LogP contribution < -0.4 is 17.2 Å². The molecule has 0 saturated carbocycles. The molecule has 0 spiro atoms. The number of imidazole rings is 1. The molecule has 0 amide bonds. The first-order valence-corrected chi connectivity index (χ1v) is 17.2. The highest BCUT2D eigenvalue weighted by molar-refractivity contribution is 7.47. The molecule has 2 fully saturated rings. The van der Waals surface area contributed by atoms with Crippen molar-refractivity contribution < 1.29 is 66.2 Å². The Kier molecular flexibility index (Phi) is 11.2. The quantitative estimate of drug-likeness (QED) is 0.0448. The lowest BCUT2D eigenvalue weighted by molar-refractivity contribution is -0.161. The van der Waals surface area contributed by atoms with Crippen LogP contribution in [0, 0.1) is 0 Å². The molecule has 1 unspecified atom stereocenters. The lowest BCUT2D eigenvalue weighted by Gasteiger charge is -2.23. The molecule has 3 aromatic rings. The first-order valence-electron chi connectivity index (χ1n) is 14.2. The summed E-state index contributed by atoms with van der Waals surface area (Å²) in [5, 5.41) is 11.2. The number of phosphoric ester groups is 2. The summed E-state index contributed by atoms with van der Waals surface area (Å²) in [5.74, 6) is -0.966. The minimum atomic E-state index is -5.11. The highest BCUT2D eigenvalue weighted by Gasteiger charge is 2.49. The number of nitrogen functional groups attached to an aromatic ring is 2. The summed E-state index contributed by atoms with van der Waals surface area (Å²) < 4.78 is 63.8. The van der Waals surface area contributed by atoms with Gasteiger partial charge in [-0.2, -0.15) is 4.98 Å². The van der Waals surface area contributed by atoms with Crippen molar-refractivity contribution in [3.8, 4) is 0 Å². The number of aliphatic hydroxyl groups excluding tert-OH is 1. The first-order chi connectivity index (χ1) is 23.2. The van der Waals surface area contributed by atoms with E-state index in [1.165, 1.54) is 29.2 Å². The summed E-state index contributed by atoms with van der Waals surface area (Å²) in [6, 6.07) is 1.28. The monoisotopic (exact) mass is 734 g/mol. The predicted molar refractivity (Wildman–Crippen MR) is 161 cm³/mol. The Labute approximate surface area is 275 Å². The maximum atomic E-state index is 13.2. The zero-order chi connectivity index (χ0) is 35.5. The molecule has 5 heterocycles. The van der Waals surface area contributed by atoms with E-state index in [1.54, 1.807) is 0 Å². The number of fused-ring (bicyclic) bond motifs is 1. The van der Waals surface area contributed by atoms with Gasteiger partial charge in [0.2, 0.25) is 0 Å². The zero-order valence-corrected chi connectivity index (χ0v) is 27.0. The van der Waals surface area contributed by atoms with Gasteiger partial charge in [-0.3, -0.25) is 22.7 Å². The summed E-state index contributed by atoms with van der Waals surface area (Å²) in [7, 11) is -10.1. The summed E-state index contributed by atoms with van der Waals surface area (Å²) in [6.45, 7) is 1.35. The van der Waals surface area contributed by atoms with Crippen LogP contribution in [-0.4, -0.2) is 112 Å². The lowest BCUT2D eigenvalue weighted by Crippen LogP contribution is -2.39. The van der Waals surface area contributed by atoms with Crippen molar-refractivity contribution in [2.75, 3.05) is 37.9 Å². The van der Waals surface area contributed by atoms with Crippen molar-refractivity contribution in [1.82, 2.24) is 29.1 Å². The molecule has 25 heteroatoms. The van der Waals surface area contributed by atoms with Crippen LogP contribution in [0.5, 0.6) is 0 Å². The number of hydrogen-bond donors (Lipinski definition) is 6. The lowest BCUT2D eigenvalue weighted by atomic mass is 10.1. The zero-order valence-electron chi connectivity index (χ0n) is 25.2. The van der Waals surface area contributed by atoms with Gasteiger partial charge in [-0.1, -0.05) is 6.08 Å². The molecule has 8 atom stereocenters. The number of anilines is 2. The second kappa shape index (κ2) is 15.0. The average molecular weight is 735 g/mol. The van der Waals surface area contributed by atoms with Crippen LogP contribution in [0.3, 0.4) is 0 Å². The Bertz CT molecular complexity index is 1820. The molecule has 0 aliphatic carbocycles. The van der Waals surface area contributed by atoms with E-state index in [4.69, 9.17) is 39.5 Å². The second-order valence-corrected chi connectivity index (χ2v) is 13.1. The number of esters is 1. The molecule has 49 heavy (non-hydrogen) atoms. The van der Waals surface area contributed by atoms with Crippen LogP contribution in [0.2, 0.25) is 0 Å². The Morgan fingerprint density at radius 1 is 1.10 bits per heavy atom. The molecule has 5 rings (SSSR count). The fourth-order valence-corrected chi connectivity index (χ4v) is 6.31. The summed E-state index contributed by atoms with van der Waals surface area (Å²) >= 11 is 0. The van der Waals surface area contributed by atoms with Gasteiger partial charge >= 0.3 is 27.3 Å². The van der Waals surface area contributed by atoms with Gasteiger partial charge in [-0.05, 0) is 6.07 Å². The Morgan fingerprint density at radius 3 is 2.57 bits per heavy atom. The van der Waals surface area contributed by atoms with Crippen LogP contribution >= 0.6 is 15.6 Å². The van der Waals surface area contributed by atoms with Crippen LogP contribution in [0.15, 0.2) is 42.4 Å². The highest BCUT2D eigenvalue weighted by atomic mass is 31.2. The van der Waals surface area contributed by atoms with Gasteiger partial charge in [0.05, 0.1) is 26.1 Å². The van der Waals surface area contributed by atoms with Gasteiger partial charge in [-0.15, -0.1) is 6.58 Å². The highest BCUT2D eigenvalue weighted by Crippen LogP contribution is 2.50. The number of carbonyl (C=O) groups excluding carboxylic acids is 1. The molecule has 0 bridgehead atoms. The molecular weight excluding hydrogens is 702 g/mol. The number of phosphoric acid groups is 2. The molecule has 2 saturated heterocycles. The fraction of sp³-hybridized carbons (Fsp3) is 0.500. The molecule has 2 aliphatic rings. The Balaban J connectivity index is 1.32. The molecule has 3 aromatic heterocycles. The van der Waals surface area contributed by atoms with E-state index < -0.39 is 90.1 Å². The first kappa shape index (κ1) is 36.6. The van der Waals surface area contributed by atoms with Crippen molar-refractivity contribution in [3.05, 3.63) is 48.1 Å². The summed E-state index contributed by atoms with van der Waals surface area (Å²) in [6.07, 6.45) is -5.09. The van der Waals surface area contributed by atoms with Gasteiger partial charge in [0.1, 0.15) is 54.9 Å². The minimum absolute atomic E-state index is 0.0244. The summed E-state index contributed by atoms with van der Waals surface area (Å²) in [4.78, 5) is 69.6. The number of rotatable bonds is 15. The van der Waals surface area contributed by atoms with Crippen LogP contribution in [0.25, 0.3) is 11.2 Å². The molecule has 268 valence electrons. The predicted octanol–water partition coefficient (Wildman–Crippen LogP) is -1.48. The van der Waals surface area contributed by atoms with Crippen molar-refractivity contribution in [3.63, 3.8) is 0 Å². The van der Waals surface area contributed by atoms with E-state index >= 15 is 0 Å². The largest absolute Gasteiger partial charge is 0.472 e. The third-order valence-corrected chi connectivity index (χ3v) is 8.61. The van der Waals surface area contributed by atoms with Crippen molar-refractivity contribution in [1.29, 1.82) is 0 Å². The normalized spacial score (nSPS) is 26.9. The van der Waals surface area contributed by atoms with Gasteiger partial charge < -0.3 is 50.2 Å². The average Bonchev–Trinajstić information content (AvgIpc) is 3.71. The van der Waals surface area contributed by atoms with Crippen molar-refractivity contribution in [2.24, 2.45) is 0 Å². The van der Waals surface area contributed by atoms with Crippen molar-refractivity contribution >= 4 is 44.4 Å². The van der Waals surface area contributed by atoms with E-state index in [0.29, 0.717) is 0 Å². The van der Waals surface area contributed by atoms with Gasteiger partial charge in [0, 0.05) is 12.6 Å². The van der Waals surface area contributed by atoms with Crippen LogP contribution in [0.1, 0.15) is 18.9 Å². The maximum absolute atomic E-state index is 13.2. The molecule has 0 radical (unpaired) electrons. The van der Waals surface area contributed by atoms with Gasteiger partial charge in [0.25, 0.3) is 0 Å². The Hall–Kier alpha value is -3.70. The third kappa shape index (κ3) is 8.91. The number of carbonyl (C=O) groups is 1. The van der Waals surface area contributed by atoms with Crippen LogP contribution in [0.4, 0.5) is 11.6 Å². The molecule has 8 N–H and O–H groups in total. The van der Waals surface area contributed by atoms with E-state index in [2.05, 4.69) is 31.0 Å². The smallest absolute Gasteiger partial charge is 0.455 e. The van der Waals surface area contributed by atoms with E-state index in [0.717, 1.165) is 10.9 Å². The number of ether oxygens (including phenoxy) is 4. The minimum Gasteiger partial charge on any atom is -0.455 e. The number of aromatic nitrogens is 6. The number of hydrogen-bond acceptors (Lipinski definition) is 18.